The molecule has 16 heavy (non-hydrogen) atoms. The molecule has 3 nitrogen and oxygen atoms in total. The third kappa shape index (κ3) is 2.41. The molecule has 1 aromatic heterocycles. The van der Waals surface area contributed by atoms with E-state index in [2.05, 4.69) is 0 Å². The van der Waals surface area contributed by atoms with E-state index in [9.17, 15) is 8.42 Å². The maximum Gasteiger partial charge on any atom is 0.232 e. The Balaban J connectivity index is 2.26. The van der Waals surface area contributed by atoms with Gasteiger partial charge in [0.15, 0.2) is 0 Å². The molecule has 0 aliphatic rings. The third-order valence-corrected chi connectivity index (χ3v) is 3.30. The fraction of sp³-hybridized carbons (Fsp3) is 0. The molecule has 4 heteroatoms. The summed E-state index contributed by atoms with van der Waals surface area (Å²) < 4.78 is 28.2. The molecule has 0 amide bonds. The SMILES string of the molecule is O=S(=O)(/C=C/c1ccccc1)c1ccco1. The molecule has 0 saturated carbocycles. The largest absolute Gasteiger partial charge is 0.453 e. The molecule has 82 valence electrons. The highest BCUT2D eigenvalue weighted by Crippen LogP contribution is 2.13. The normalized spacial score (nSPS) is 12.0. The summed E-state index contributed by atoms with van der Waals surface area (Å²) in [6.07, 6.45) is 2.88. The maximum atomic E-state index is 11.7. The Hall–Kier alpha value is -1.81. The Kier molecular flexibility index (Phi) is 2.92. The molecular weight excluding hydrogens is 224 g/mol. The van der Waals surface area contributed by atoms with Crippen LogP contribution in [0.2, 0.25) is 0 Å². The lowest BCUT2D eigenvalue weighted by Gasteiger charge is -1.93. The topological polar surface area (TPSA) is 47.3 Å². The second-order valence-corrected chi connectivity index (χ2v) is 4.96. The van der Waals surface area contributed by atoms with Gasteiger partial charge in [-0.15, -0.1) is 0 Å². The smallest absolute Gasteiger partial charge is 0.232 e. The Morgan fingerprint density at radius 2 is 1.75 bits per heavy atom. The summed E-state index contributed by atoms with van der Waals surface area (Å²) in [6.45, 7) is 0. The number of sulfone groups is 1. The Bertz CT molecular complexity index is 566. The minimum atomic E-state index is -3.46. The zero-order chi connectivity index (χ0) is 11.4. The van der Waals surface area contributed by atoms with Gasteiger partial charge >= 0.3 is 0 Å². The van der Waals surface area contributed by atoms with Gasteiger partial charge < -0.3 is 4.42 Å². The van der Waals surface area contributed by atoms with Crippen LogP contribution in [0.3, 0.4) is 0 Å². The first-order chi connectivity index (χ1) is 7.68. The summed E-state index contributed by atoms with van der Waals surface area (Å²) in [5.41, 5.74) is 0.831. The van der Waals surface area contributed by atoms with E-state index in [-0.39, 0.29) is 5.09 Å². The first-order valence-electron chi connectivity index (χ1n) is 4.70. The number of furan rings is 1. The Morgan fingerprint density at radius 1 is 1.00 bits per heavy atom. The van der Waals surface area contributed by atoms with E-state index in [0.29, 0.717) is 0 Å². The van der Waals surface area contributed by atoms with E-state index >= 15 is 0 Å². The lowest BCUT2D eigenvalue weighted by atomic mass is 10.2. The van der Waals surface area contributed by atoms with Gasteiger partial charge in [-0.05, 0) is 23.8 Å². The van der Waals surface area contributed by atoms with Crippen LogP contribution in [0.5, 0.6) is 0 Å². The maximum absolute atomic E-state index is 11.7. The van der Waals surface area contributed by atoms with Gasteiger partial charge in [0.05, 0.1) is 6.26 Å². The van der Waals surface area contributed by atoms with Gasteiger partial charge in [-0.25, -0.2) is 8.42 Å². The number of hydrogen-bond acceptors (Lipinski definition) is 3. The molecule has 1 aromatic carbocycles. The van der Waals surface area contributed by atoms with Crippen LogP contribution < -0.4 is 0 Å². The summed E-state index contributed by atoms with van der Waals surface area (Å²) in [7, 11) is -3.46. The highest BCUT2D eigenvalue weighted by atomic mass is 32.2. The molecule has 0 radical (unpaired) electrons. The van der Waals surface area contributed by atoms with Gasteiger partial charge in [0.2, 0.25) is 14.9 Å². The third-order valence-electron chi connectivity index (χ3n) is 2.01. The lowest BCUT2D eigenvalue weighted by molar-refractivity contribution is 0.453. The van der Waals surface area contributed by atoms with Crippen LogP contribution in [0.4, 0.5) is 0 Å². The molecule has 0 atom stereocenters. The minimum absolute atomic E-state index is 0.0420. The molecule has 0 unspecified atom stereocenters. The molecule has 2 rings (SSSR count). The van der Waals surface area contributed by atoms with Crippen LogP contribution in [-0.4, -0.2) is 8.42 Å². The van der Waals surface area contributed by atoms with Crippen LogP contribution in [0.1, 0.15) is 5.56 Å². The summed E-state index contributed by atoms with van der Waals surface area (Å²) in [5.74, 6) is 0. The zero-order valence-electron chi connectivity index (χ0n) is 8.41. The molecule has 2 aromatic rings. The standard InChI is InChI=1S/C12H10O3S/c13-16(14,12-7-4-9-15-12)10-8-11-5-2-1-3-6-11/h1-10H/b10-8+. The van der Waals surface area contributed by atoms with Crippen LogP contribution in [0.25, 0.3) is 6.08 Å². The predicted molar refractivity (Wildman–Crippen MR) is 61.4 cm³/mol. The average molecular weight is 234 g/mol. The summed E-state index contributed by atoms with van der Waals surface area (Å²) in [5, 5.41) is 1.10. The van der Waals surface area contributed by atoms with Crippen molar-refractivity contribution < 1.29 is 12.8 Å². The molecule has 0 fully saturated rings. The second kappa shape index (κ2) is 4.37. The van der Waals surface area contributed by atoms with Crippen molar-refractivity contribution in [1.29, 1.82) is 0 Å². The predicted octanol–water partition coefficient (Wildman–Crippen LogP) is 2.72. The highest BCUT2D eigenvalue weighted by Gasteiger charge is 2.12. The molecule has 0 aliphatic carbocycles. The lowest BCUT2D eigenvalue weighted by Crippen LogP contribution is -1.93. The fourth-order valence-electron chi connectivity index (χ4n) is 1.22. The minimum Gasteiger partial charge on any atom is -0.453 e. The Labute approximate surface area is 93.9 Å². The van der Waals surface area contributed by atoms with Gasteiger partial charge in [-0.3, -0.25) is 0 Å². The van der Waals surface area contributed by atoms with E-state index < -0.39 is 9.84 Å². The number of hydrogen-bond donors (Lipinski definition) is 0. The first-order valence-corrected chi connectivity index (χ1v) is 6.25. The van der Waals surface area contributed by atoms with E-state index in [4.69, 9.17) is 4.42 Å². The molecule has 0 N–H and O–H groups in total. The van der Waals surface area contributed by atoms with E-state index in [1.54, 1.807) is 6.07 Å². The van der Waals surface area contributed by atoms with Crippen molar-refractivity contribution in [2.45, 2.75) is 5.09 Å². The van der Waals surface area contributed by atoms with Gasteiger partial charge in [-0.2, -0.15) is 0 Å². The first kappa shape index (κ1) is 10.7. The number of benzene rings is 1. The quantitative estimate of drug-likeness (QED) is 0.820. The second-order valence-electron chi connectivity index (χ2n) is 3.19. The Morgan fingerprint density at radius 3 is 2.38 bits per heavy atom. The summed E-state index contributed by atoms with van der Waals surface area (Å²) >= 11 is 0. The fourth-order valence-corrected chi connectivity index (χ4v) is 2.15. The van der Waals surface area contributed by atoms with Gasteiger partial charge in [0.25, 0.3) is 0 Å². The molecule has 0 spiro atoms. The van der Waals surface area contributed by atoms with E-state index in [1.807, 2.05) is 30.3 Å². The molecule has 0 aliphatic heterocycles. The van der Waals surface area contributed by atoms with Crippen molar-refractivity contribution in [1.82, 2.24) is 0 Å². The zero-order valence-corrected chi connectivity index (χ0v) is 9.22. The monoisotopic (exact) mass is 234 g/mol. The highest BCUT2D eigenvalue weighted by molar-refractivity contribution is 7.94. The molecule has 0 bridgehead atoms. The van der Waals surface area contributed by atoms with Crippen LogP contribution in [0, 0.1) is 0 Å². The van der Waals surface area contributed by atoms with Crippen molar-refractivity contribution in [3.05, 3.63) is 59.7 Å². The van der Waals surface area contributed by atoms with Crippen molar-refractivity contribution >= 4 is 15.9 Å². The summed E-state index contributed by atoms with van der Waals surface area (Å²) in [4.78, 5) is 0. The van der Waals surface area contributed by atoms with Gasteiger partial charge in [0.1, 0.15) is 0 Å². The van der Waals surface area contributed by atoms with Crippen LogP contribution >= 0.6 is 0 Å². The van der Waals surface area contributed by atoms with Crippen LogP contribution in [0.15, 0.2) is 63.6 Å². The summed E-state index contributed by atoms with van der Waals surface area (Å²) in [6, 6.07) is 12.2. The van der Waals surface area contributed by atoms with Gasteiger partial charge in [-0.1, -0.05) is 30.3 Å². The molecule has 1 heterocycles. The van der Waals surface area contributed by atoms with E-state index in [1.165, 1.54) is 18.4 Å². The van der Waals surface area contributed by atoms with Crippen molar-refractivity contribution in [2.75, 3.05) is 0 Å². The number of rotatable bonds is 3. The van der Waals surface area contributed by atoms with Crippen LogP contribution in [-0.2, 0) is 9.84 Å². The van der Waals surface area contributed by atoms with Crippen molar-refractivity contribution in [2.24, 2.45) is 0 Å². The average Bonchev–Trinajstić information content (AvgIpc) is 2.82. The molecule has 0 saturated heterocycles. The van der Waals surface area contributed by atoms with Crippen molar-refractivity contribution in [3.8, 4) is 0 Å². The van der Waals surface area contributed by atoms with Crippen molar-refractivity contribution in [3.63, 3.8) is 0 Å². The molecular formula is C12H10O3S. The van der Waals surface area contributed by atoms with Gasteiger partial charge in [0, 0.05) is 5.41 Å². The van der Waals surface area contributed by atoms with E-state index in [0.717, 1.165) is 11.0 Å².